The van der Waals surface area contributed by atoms with Gasteiger partial charge in [-0.3, -0.25) is 0 Å². The molecule has 0 saturated carbocycles. The summed E-state index contributed by atoms with van der Waals surface area (Å²) >= 11 is 5.71. The topological polar surface area (TPSA) is 41.1 Å². The highest BCUT2D eigenvalue weighted by atomic mass is 35.5. The second-order valence-corrected chi connectivity index (χ2v) is 5.40. The maximum absolute atomic E-state index is 12.8. The first-order valence-corrected chi connectivity index (χ1v) is 5.83. The van der Waals surface area contributed by atoms with E-state index in [1.165, 1.54) is 12.1 Å². The summed E-state index contributed by atoms with van der Waals surface area (Å²) in [5, 5.41) is 4.47. The lowest BCUT2D eigenvalue weighted by molar-refractivity contribution is -0.136. The molecule has 0 heterocycles. The number of halogens is 4. The molecule has 0 aromatic heterocycles. The summed E-state index contributed by atoms with van der Waals surface area (Å²) in [6.45, 7) is 5.14. The van der Waals surface area contributed by atoms with E-state index in [0.717, 1.165) is 6.07 Å². The van der Waals surface area contributed by atoms with Crippen molar-refractivity contribution in [1.29, 1.82) is 0 Å². The van der Waals surface area contributed by atoms with Crippen LogP contribution in [-0.4, -0.2) is 11.6 Å². The molecule has 0 spiro atoms. The van der Waals surface area contributed by atoms with Gasteiger partial charge in [0.15, 0.2) is 0 Å². The Morgan fingerprint density at radius 2 is 1.79 bits per heavy atom. The lowest BCUT2D eigenvalue weighted by Crippen LogP contribution is -2.43. The third-order valence-corrected chi connectivity index (χ3v) is 2.36. The number of anilines is 1. The van der Waals surface area contributed by atoms with Crippen molar-refractivity contribution in [3.63, 3.8) is 0 Å². The van der Waals surface area contributed by atoms with Crippen molar-refractivity contribution in [3.05, 3.63) is 28.8 Å². The average Bonchev–Trinajstić information content (AvgIpc) is 2.16. The Hall–Kier alpha value is -1.43. The van der Waals surface area contributed by atoms with Crippen molar-refractivity contribution in [1.82, 2.24) is 5.32 Å². The van der Waals surface area contributed by atoms with Gasteiger partial charge in [-0.05, 0) is 32.9 Å². The van der Waals surface area contributed by atoms with Crippen molar-refractivity contribution in [2.75, 3.05) is 5.32 Å². The molecule has 106 valence electrons. The van der Waals surface area contributed by atoms with E-state index in [2.05, 4.69) is 10.6 Å². The third-order valence-electron chi connectivity index (χ3n) is 2.05. The zero-order valence-corrected chi connectivity index (χ0v) is 11.4. The summed E-state index contributed by atoms with van der Waals surface area (Å²) in [6.07, 6.45) is -4.59. The number of benzene rings is 1. The van der Waals surface area contributed by atoms with Crippen LogP contribution in [0.4, 0.5) is 23.7 Å². The van der Waals surface area contributed by atoms with E-state index in [9.17, 15) is 18.0 Å². The van der Waals surface area contributed by atoms with E-state index in [4.69, 9.17) is 11.6 Å². The molecule has 7 heteroatoms. The quantitative estimate of drug-likeness (QED) is 0.797. The fraction of sp³-hybridized carbons (Fsp3) is 0.417. The van der Waals surface area contributed by atoms with Gasteiger partial charge in [0.1, 0.15) is 0 Å². The lowest BCUT2D eigenvalue weighted by atomic mass is 10.1. The summed E-state index contributed by atoms with van der Waals surface area (Å²) in [5.41, 5.74) is -1.99. The number of carbonyl (C=O) groups excluding carboxylic acids is 1. The van der Waals surface area contributed by atoms with Gasteiger partial charge in [0.05, 0.1) is 16.3 Å². The number of amides is 2. The highest BCUT2D eigenvalue weighted by Gasteiger charge is 2.35. The van der Waals surface area contributed by atoms with E-state index in [1.807, 2.05) is 0 Å². The molecule has 0 saturated heterocycles. The molecule has 0 fully saturated rings. The van der Waals surface area contributed by atoms with Gasteiger partial charge in [0, 0.05) is 5.54 Å². The zero-order chi connectivity index (χ0) is 14.8. The van der Waals surface area contributed by atoms with Crippen molar-refractivity contribution in [2.45, 2.75) is 32.5 Å². The third kappa shape index (κ3) is 4.63. The molecule has 1 aromatic rings. The van der Waals surface area contributed by atoms with Crippen molar-refractivity contribution in [3.8, 4) is 0 Å². The summed E-state index contributed by atoms with van der Waals surface area (Å²) in [5.74, 6) is 0. The molecule has 0 aliphatic rings. The Morgan fingerprint density at radius 3 is 2.26 bits per heavy atom. The van der Waals surface area contributed by atoms with Gasteiger partial charge in [-0.25, -0.2) is 4.79 Å². The van der Waals surface area contributed by atoms with Crippen LogP contribution in [0.3, 0.4) is 0 Å². The van der Waals surface area contributed by atoms with Crippen LogP contribution < -0.4 is 10.6 Å². The average molecular weight is 295 g/mol. The monoisotopic (exact) mass is 294 g/mol. The molecule has 2 N–H and O–H groups in total. The Bertz CT molecular complexity index is 481. The first-order chi connectivity index (χ1) is 8.50. The fourth-order valence-corrected chi connectivity index (χ4v) is 1.59. The van der Waals surface area contributed by atoms with Crippen LogP contribution in [-0.2, 0) is 6.18 Å². The molecule has 2 amide bonds. The maximum Gasteiger partial charge on any atom is 0.418 e. The van der Waals surface area contributed by atoms with Gasteiger partial charge in [0.25, 0.3) is 0 Å². The SMILES string of the molecule is CC(C)(C)NC(=O)Nc1c(Cl)cccc1C(F)(F)F. The number of urea groups is 1. The van der Waals surface area contributed by atoms with Gasteiger partial charge < -0.3 is 10.6 Å². The largest absolute Gasteiger partial charge is 0.418 e. The van der Waals surface area contributed by atoms with Crippen LogP contribution in [0.5, 0.6) is 0 Å². The predicted octanol–water partition coefficient (Wildman–Crippen LogP) is 4.28. The van der Waals surface area contributed by atoms with Crippen LogP contribution in [0, 0.1) is 0 Å². The summed E-state index contributed by atoms with van der Waals surface area (Å²) < 4.78 is 38.4. The predicted molar refractivity (Wildman–Crippen MR) is 68.4 cm³/mol. The number of alkyl halides is 3. The van der Waals surface area contributed by atoms with Crippen LogP contribution >= 0.6 is 11.6 Å². The molecule has 0 unspecified atom stereocenters. The van der Waals surface area contributed by atoms with Crippen molar-refractivity contribution in [2.24, 2.45) is 0 Å². The minimum atomic E-state index is -4.59. The molecule has 0 aliphatic heterocycles. The van der Waals surface area contributed by atoms with Crippen LogP contribution in [0.25, 0.3) is 0 Å². The number of carbonyl (C=O) groups is 1. The highest BCUT2D eigenvalue weighted by molar-refractivity contribution is 6.33. The molecule has 0 bridgehead atoms. The highest BCUT2D eigenvalue weighted by Crippen LogP contribution is 2.38. The molecule has 0 atom stereocenters. The van der Waals surface area contributed by atoms with Crippen molar-refractivity contribution < 1.29 is 18.0 Å². The number of rotatable bonds is 1. The van der Waals surface area contributed by atoms with E-state index in [-0.39, 0.29) is 5.02 Å². The molecule has 1 aromatic carbocycles. The number of hydrogen-bond donors (Lipinski definition) is 2. The number of para-hydroxylation sites is 1. The zero-order valence-electron chi connectivity index (χ0n) is 10.7. The van der Waals surface area contributed by atoms with E-state index in [1.54, 1.807) is 20.8 Å². The summed E-state index contributed by atoms with van der Waals surface area (Å²) in [7, 11) is 0. The van der Waals surface area contributed by atoms with Crippen LogP contribution in [0.2, 0.25) is 5.02 Å². The van der Waals surface area contributed by atoms with E-state index in [0.29, 0.717) is 0 Å². The van der Waals surface area contributed by atoms with Gasteiger partial charge in [-0.1, -0.05) is 17.7 Å². The van der Waals surface area contributed by atoms with E-state index < -0.39 is 29.0 Å². The Kier molecular flexibility index (Phi) is 4.35. The molecule has 1 rings (SSSR count). The molecule has 0 radical (unpaired) electrons. The number of nitrogens with one attached hydrogen (secondary N) is 2. The fourth-order valence-electron chi connectivity index (χ4n) is 1.37. The van der Waals surface area contributed by atoms with Gasteiger partial charge in [0.2, 0.25) is 0 Å². The normalized spacial score (nSPS) is 12.2. The first-order valence-electron chi connectivity index (χ1n) is 5.45. The maximum atomic E-state index is 12.8. The van der Waals surface area contributed by atoms with Gasteiger partial charge >= 0.3 is 12.2 Å². The van der Waals surface area contributed by atoms with Crippen molar-refractivity contribution >= 4 is 23.3 Å². The van der Waals surface area contributed by atoms with E-state index >= 15 is 0 Å². The smallest absolute Gasteiger partial charge is 0.333 e. The second kappa shape index (κ2) is 5.28. The lowest BCUT2D eigenvalue weighted by Gasteiger charge is -2.22. The van der Waals surface area contributed by atoms with Gasteiger partial charge in [-0.2, -0.15) is 13.2 Å². The summed E-state index contributed by atoms with van der Waals surface area (Å²) in [6, 6.07) is 2.58. The van der Waals surface area contributed by atoms with Gasteiger partial charge in [-0.15, -0.1) is 0 Å². The molecular formula is C12H14ClF3N2O. The Morgan fingerprint density at radius 1 is 1.21 bits per heavy atom. The van der Waals surface area contributed by atoms with Crippen LogP contribution in [0.1, 0.15) is 26.3 Å². The minimum absolute atomic E-state index is 0.168. The Balaban J connectivity index is 3.04. The summed E-state index contributed by atoms with van der Waals surface area (Å²) in [4.78, 5) is 11.6. The molecule has 0 aliphatic carbocycles. The Labute approximate surface area is 114 Å². The molecule has 3 nitrogen and oxygen atoms in total. The molecular weight excluding hydrogens is 281 g/mol. The molecule has 19 heavy (non-hydrogen) atoms. The number of hydrogen-bond acceptors (Lipinski definition) is 1. The van der Waals surface area contributed by atoms with Crippen LogP contribution in [0.15, 0.2) is 18.2 Å². The first kappa shape index (κ1) is 15.6. The minimum Gasteiger partial charge on any atom is -0.333 e. The standard InChI is InChI=1S/C12H14ClF3N2O/c1-11(2,3)18-10(19)17-9-7(12(14,15)16)5-4-6-8(9)13/h4-6H,1-3H3,(H2,17,18,19). The second-order valence-electron chi connectivity index (χ2n) is 4.99.